The Morgan fingerprint density at radius 2 is 2.17 bits per heavy atom. The van der Waals surface area contributed by atoms with Crippen LogP contribution in [-0.2, 0) is 22.6 Å². The fraction of sp³-hybridized carbons (Fsp3) is 0.714. The molecule has 0 bridgehead atoms. The number of ether oxygens (including phenoxy) is 2. The Balaban J connectivity index is 2.15. The van der Waals surface area contributed by atoms with Gasteiger partial charge in [0.15, 0.2) is 0 Å². The first-order valence-corrected chi connectivity index (χ1v) is 6.80. The molecule has 0 aliphatic heterocycles. The predicted molar refractivity (Wildman–Crippen MR) is 73.7 cm³/mol. The molecule has 1 aromatic heterocycles. The van der Waals surface area contributed by atoms with Crippen molar-refractivity contribution < 1.29 is 9.47 Å². The van der Waals surface area contributed by atoms with Gasteiger partial charge in [-0.25, -0.2) is 0 Å². The monoisotopic (exact) mass is 254 g/mol. The van der Waals surface area contributed by atoms with Crippen LogP contribution in [0.4, 0.5) is 0 Å². The topological polar surface area (TPSA) is 35.4 Å². The number of nitrogens with zero attached hydrogens (tertiary/aromatic N) is 1. The summed E-state index contributed by atoms with van der Waals surface area (Å²) >= 11 is 0. The van der Waals surface area contributed by atoms with Crippen LogP contribution in [-0.4, -0.2) is 38.0 Å². The van der Waals surface area contributed by atoms with Crippen molar-refractivity contribution in [2.75, 3.05) is 33.5 Å². The van der Waals surface area contributed by atoms with E-state index < -0.39 is 0 Å². The Labute approximate surface area is 110 Å². The Hall–Kier alpha value is -0.840. The predicted octanol–water partition coefficient (Wildman–Crippen LogP) is 2.04. The zero-order valence-electron chi connectivity index (χ0n) is 11.7. The van der Waals surface area contributed by atoms with Gasteiger partial charge in [0.1, 0.15) is 0 Å². The fourth-order valence-corrected chi connectivity index (χ4v) is 1.79. The molecular formula is C14H26N2O2. The maximum Gasteiger partial charge on any atom is 0.0645 e. The van der Waals surface area contributed by atoms with E-state index in [4.69, 9.17) is 9.47 Å². The van der Waals surface area contributed by atoms with Crippen LogP contribution in [0.2, 0.25) is 0 Å². The van der Waals surface area contributed by atoms with Crippen LogP contribution in [0.15, 0.2) is 18.3 Å². The van der Waals surface area contributed by atoms with Crippen molar-refractivity contribution >= 4 is 0 Å². The Kier molecular flexibility index (Phi) is 8.55. The number of rotatable bonds is 11. The third-order valence-electron chi connectivity index (χ3n) is 2.77. The van der Waals surface area contributed by atoms with Gasteiger partial charge in [-0.2, -0.15) is 0 Å². The molecule has 18 heavy (non-hydrogen) atoms. The third kappa shape index (κ3) is 6.19. The standard InChI is InChI=1S/C14H26N2O2/c1-3-7-15-13-14-6-4-8-16(14)9-12-18-11-5-10-17-2/h4,6,8,15H,3,5,7,9-13H2,1-2H3. The molecule has 0 saturated heterocycles. The van der Waals surface area contributed by atoms with Crippen LogP contribution in [0, 0.1) is 0 Å². The van der Waals surface area contributed by atoms with Crippen molar-refractivity contribution in [1.82, 2.24) is 9.88 Å². The Morgan fingerprint density at radius 1 is 1.28 bits per heavy atom. The first kappa shape index (κ1) is 15.2. The Morgan fingerprint density at radius 3 is 2.94 bits per heavy atom. The zero-order valence-corrected chi connectivity index (χ0v) is 11.7. The van der Waals surface area contributed by atoms with Gasteiger partial charge in [-0.1, -0.05) is 6.92 Å². The van der Waals surface area contributed by atoms with Crippen molar-refractivity contribution in [2.24, 2.45) is 0 Å². The molecule has 0 fully saturated rings. The molecule has 0 aliphatic carbocycles. The van der Waals surface area contributed by atoms with Crippen LogP contribution in [0.5, 0.6) is 0 Å². The first-order valence-electron chi connectivity index (χ1n) is 6.80. The molecule has 1 aromatic rings. The molecule has 1 heterocycles. The van der Waals surface area contributed by atoms with Crippen molar-refractivity contribution in [3.63, 3.8) is 0 Å². The summed E-state index contributed by atoms with van der Waals surface area (Å²) in [5.74, 6) is 0. The van der Waals surface area contributed by atoms with E-state index in [0.29, 0.717) is 0 Å². The van der Waals surface area contributed by atoms with Crippen molar-refractivity contribution in [2.45, 2.75) is 32.9 Å². The molecule has 4 nitrogen and oxygen atoms in total. The molecule has 0 spiro atoms. The van der Waals surface area contributed by atoms with E-state index in [9.17, 15) is 0 Å². The molecule has 0 radical (unpaired) electrons. The van der Waals surface area contributed by atoms with Gasteiger partial charge >= 0.3 is 0 Å². The quantitative estimate of drug-likeness (QED) is 0.614. The average Bonchev–Trinajstić information content (AvgIpc) is 2.82. The van der Waals surface area contributed by atoms with Crippen molar-refractivity contribution in [1.29, 1.82) is 0 Å². The number of hydrogen-bond acceptors (Lipinski definition) is 3. The van der Waals surface area contributed by atoms with Crippen molar-refractivity contribution in [3.8, 4) is 0 Å². The van der Waals surface area contributed by atoms with E-state index in [2.05, 4.69) is 35.1 Å². The average molecular weight is 254 g/mol. The van der Waals surface area contributed by atoms with Gasteiger partial charge < -0.3 is 19.4 Å². The SMILES string of the molecule is CCCNCc1cccn1CCOCCCOC. The van der Waals surface area contributed by atoms with Gasteiger partial charge in [-0.3, -0.25) is 0 Å². The van der Waals surface area contributed by atoms with E-state index in [1.807, 2.05) is 0 Å². The molecule has 1 N–H and O–H groups in total. The largest absolute Gasteiger partial charge is 0.385 e. The maximum absolute atomic E-state index is 5.57. The lowest BCUT2D eigenvalue weighted by Gasteiger charge is -2.10. The highest BCUT2D eigenvalue weighted by Gasteiger charge is 2.00. The maximum atomic E-state index is 5.57. The fourth-order valence-electron chi connectivity index (χ4n) is 1.79. The highest BCUT2D eigenvalue weighted by molar-refractivity contribution is 5.06. The molecule has 104 valence electrons. The molecule has 0 atom stereocenters. The summed E-state index contributed by atoms with van der Waals surface area (Å²) < 4.78 is 12.8. The van der Waals surface area contributed by atoms with Crippen LogP contribution in [0.3, 0.4) is 0 Å². The number of hydrogen-bond donors (Lipinski definition) is 1. The summed E-state index contributed by atoms with van der Waals surface area (Å²) in [4.78, 5) is 0. The second kappa shape index (κ2) is 10.1. The van der Waals surface area contributed by atoms with Crippen LogP contribution >= 0.6 is 0 Å². The summed E-state index contributed by atoms with van der Waals surface area (Å²) in [6.45, 7) is 7.42. The first-order chi connectivity index (χ1) is 8.88. The lowest BCUT2D eigenvalue weighted by Crippen LogP contribution is -2.18. The van der Waals surface area contributed by atoms with Gasteiger partial charge in [0.2, 0.25) is 0 Å². The number of aromatic nitrogens is 1. The lowest BCUT2D eigenvalue weighted by atomic mass is 10.4. The normalized spacial score (nSPS) is 11.0. The summed E-state index contributed by atoms with van der Waals surface area (Å²) in [7, 11) is 1.72. The minimum absolute atomic E-state index is 0.763. The summed E-state index contributed by atoms with van der Waals surface area (Å²) in [6.07, 6.45) is 4.25. The van der Waals surface area contributed by atoms with Gasteiger partial charge in [0.25, 0.3) is 0 Å². The third-order valence-corrected chi connectivity index (χ3v) is 2.77. The van der Waals surface area contributed by atoms with Crippen molar-refractivity contribution in [3.05, 3.63) is 24.0 Å². The second-order valence-corrected chi connectivity index (χ2v) is 4.33. The molecule has 0 aliphatic rings. The van der Waals surface area contributed by atoms with Crippen LogP contribution < -0.4 is 5.32 Å². The highest BCUT2D eigenvalue weighted by Crippen LogP contribution is 2.02. The molecule has 0 unspecified atom stereocenters. The van der Waals surface area contributed by atoms with E-state index in [1.165, 1.54) is 12.1 Å². The van der Waals surface area contributed by atoms with Gasteiger partial charge in [-0.05, 0) is 31.5 Å². The second-order valence-electron chi connectivity index (χ2n) is 4.33. The molecule has 0 amide bonds. The molecule has 0 aromatic carbocycles. The van der Waals surface area contributed by atoms with Gasteiger partial charge in [-0.15, -0.1) is 0 Å². The minimum atomic E-state index is 0.763. The van der Waals surface area contributed by atoms with E-state index >= 15 is 0 Å². The summed E-state index contributed by atoms with van der Waals surface area (Å²) in [6, 6.07) is 4.25. The van der Waals surface area contributed by atoms with E-state index in [-0.39, 0.29) is 0 Å². The van der Waals surface area contributed by atoms with E-state index in [0.717, 1.165) is 45.9 Å². The van der Waals surface area contributed by atoms with Crippen LogP contribution in [0.25, 0.3) is 0 Å². The van der Waals surface area contributed by atoms with E-state index in [1.54, 1.807) is 7.11 Å². The summed E-state index contributed by atoms with van der Waals surface area (Å²) in [5, 5.41) is 3.42. The zero-order chi connectivity index (χ0) is 13.1. The van der Waals surface area contributed by atoms with Gasteiger partial charge in [0, 0.05) is 45.3 Å². The minimum Gasteiger partial charge on any atom is -0.385 e. The molecule has 4 heteroatoms. The smallest absolute Gasteiger partial charge is 0.0645 e. The molecular weight excluding hydrogens is 228 g/mol. The van der Waals surface area contributed by atoms with Crippen LogP contribution in [0.1, 0.15) is 25.5 Å². The lowest BCUT2D eigenvalue weighted by molar-refractivity contribution is 0.0973. The molecule has 0 saturated carbocycles. The van der Waals surface area contributed by atoms with Gasteiger partial charge in [0.05, 0.1) is 6.61 Å². The number of methoxy groups -OCH3 is 1. The summed E-state index contributed by atoms with van der Waals surface area (Å²) in [5.41, 5.74) is 1.32. The highest BCUT2D eigenvalue weighted by atomic mass is 16.5. The molecule has 1 rings (SSSR count). The Bertz CT molecular complexity index is 300. The number of nitrogens with one attached hydrogen (secondary N) is 1.